The van der Waals surface area contributed by atoms with Crippen molar-refractivity contribution in [3.05, 3.63) is 70.1 Å². The highest BCUT2D eigenvalue weighted by Gasteiger charge is 2.24. The molecule has 0 saturated carbocycles. The summed E-state index contributed by atoms with van der Waals surface area (Å²) in [6.45, 7) is 2.13. The molecule has 26 heavy (non-hydrogen) atoms. The molecule has 0 spiro atoms. The van der Waals surface area contributed by atoms with E-state index in [0.717, 1.165) is 30.4 Å². The average molecular weight is 375 g/mol. The van der Waals surface area contributed by atoms with Crippen LogP contribution >= 0.6 is 11.6 Å². The van der Waals surface area contributed by atoms with Gasteiger partial charge in [0.2, 0.25) is 0 Å². The molecule has 3 nitrogen and oxygen atoms in total. The van der Waals surface area contributed by atoms with E-state index < -0.39 is 6.10 Å². The lowest BCUT2D eigenvalue weighted by Gasteiger charge is -2.25. The van der Waals surface area contributed by atoms with Crippen LogP contribution in [0.4, 0.5) is 4.39 Å². The molecule has 0 amide bonds. The maximum Gasteiger partial charge on any atom is 0.129 e. The second kappa shape index (κ2) is 7.39. The van der Waals surface area contributed by atoms with Crippen LogP contribution in [0.3, 0.4) is 0 Å². The second-order valence-corrected chi connectivity index (χ2v) is 7.16. The van der Waals surface area contributed by atoms with Gasteiger partial charge in [-0.05, 0) is 43.3 Å². The smallest absolute Gasteiger partial charge is 0.129 e. The number of rotatable bonds is 3. The number of likely N-dealkylation sites (N-methyl/N-ethyl adjacent to an activating group) is 1. The fourth-order valence-electron chi connectivity index (χ4n) is 3.77. The molecule has 1 atom stereocenters. The van der Waals surface area contributed by atoms with Gasteiger partial charge >= 0.3 is 0 Å². The van der Waals surface area contributed by atoms with Crippen molar-refractivity contribution >= 4 is 22.5 Å². The Balaban J connectivity index is 0.00000196. The summed E-state index contributed by atoms with van der Waals surface area (Å²) in [5.74, 6) is -0.375. The van der Waals surface area contributed by atoms with Gasteiger partial charge in [0.15, 0.2) is 0 Å². The Hall–Kier alpha value is -1.88. The molecule has 1 aliphatic heterocycles. The van der Waals surface area contributed by atoms with Crippen LogP contribution in [0.5, 0.6) is 0 Å². The fourth-order valence-corrected chi connectivity index (χ4v) is 3.94. The molecule has 138 valence electrons. The Labute approximate surface area is 158 Å². The summed E-state index contributed by atoms with van der Waals surface area (Å²) in [6, 6.07) is 12.3. The number of aliphatic hydroxyl groups excluding tert-OH is 1. The van der Waals surface area contributed by atoms with Gasteiger partial charge in [0.05, 0.1) is 12.6 Å². The molecule has 4 rings (SSSR count). The Kier molecular flexibility index (Phi) is 5.37. The van der Waals surface area contributed by atoms with Gasteiger partial charge in [-0.1, -0.05) is 37.2 Å². The van der Waals surface area contributed by atoms with E-state index in [-0.39, 0.29) is 13.2 Å². The molecule has 2 aromatic carbocycles. The number of benzene rings is 2. The third-order valence-electron chi connectivity index (χ3n) is 5.03. The minimum absolute atomic E-state index is 0. The molecule has 2 heterocycles. The highest BCUT2D eigenvalue weighted by atomic mass is 35.5. The van der Waals surface area contributed by atoms with Crippen LogP contribution in [0.1, 0.15) is 30.4 Å². The van der Waals surface area contributed by atoms with Gasteiger partial charge in [-0.25, -0.2) is 4.39 Å². The summed E-state index contributed by atoms with van der Waals surface area (Å²) < 4.78 is 16.2. The van der Waals surface area contributed by atoms with Crippen molar-refractivity contribution in [3.63, 3.8) is 0 Å². The molecule has 1 aliphatic rings. The molecular formula is C21H24ClFN2O. The van der Waals surface area contributed by atoms with E-state index >= 15 is 0 Å². The van der Waals surface area contributed by atoms with Crippen molar-refractivity contribution in [1.29, 1.82) is 0 Å². The highest BCUT2D eigenvalue weighted by Crippen LogP contribution is 2.34. The second-order valence-electron chi connectivity index (χ2n) is 6.72. The number of aromatic nitrogens is 1. The van der Waals surface area contributed by atoms with Crippen molar-refractivity contribution in [1.82, 2.24) is 9.47 Å². The molecule has 5 heteroatoms. The summed E-state index contributed by atoms with van der Waals surface area (Å²) in [6.07, 6.45) is 0.0506. The van der Waals surface area contributed by atoms with Gasteiger partial charge in [0.25, 0.3) is 0 Å². The Morgan fingerprint density at radius 3 is 2.77 bits per heavy atom. The zero-order chi connectivity index (χ0) is 17.6. The van der Waals surface area contributed by atoms with Gasteiger partial charge in [-0.3, -0.25) is 0 Å². The van der Waals surface area contributed by atoms with Crippen molar-refractivity contribution in [2.45, 2.75) is 33.0 Å². The first kappa shape index (κ1) is 18.9. The first-order valence-corrected chi connectivity index (χ1v) is 8.83. The third kappa shape index (κ3) is 3.25. The average Bonchev–Trinajstić information content (AvgIpc) is 2.87. The quantitative estimate of drug-likeness (QED) is 0.713. The van der Waals surface area contributed by atoms with Gasteiger partial charge in [0.1, 0.15) is 5.82 Å². The standard InChI is InChI=1S/C20H20ClFN2O.CH4/c1-23-9-8-14-16-10-13(21)6-7-18(16)24(19(14)11-23)12-20(25)15-4-2-3-5-17(15)22;/h2-7,10,20,25H,8-9,11-12H2,1H3;1H4. The molecular weight excluding hydrogens is 351 g/mol. The van der Waals surface area contributed by atoms with Crippen LogP contribution in [0.25, 0.3) is 10.9 Å². The molecule has 1 aromatic heterocycles. The van der Waals surface area contributed by atoms with Crippen molar-refractivity contribution in [2.24, 2.45) is 0 Å². The SMILES string of the molecule is C.CN1CCc2c(n(CC(O)c3ccccc3F)c3ccc(Cl)cc23)C1. The number of aliphatic hydroxyl groups is 1. The number of fused-ring (bicyclic) bond motifs is 3. The van der Waals surface area contributed by atoms with E-state index in [9.17, 15) is 9.50 Å². The summed E-state index contributed by atoms with van der Waals surface area (Å²) in [5, 5.41) is 12.5. The molecule has 0 fully saturated rings. The van der Waals surface area contributed by atoms with E-state index in [0.29, 0.717) is 17.1 Å². The monoisotopic (exact) mass is 374 g/mol. The van der Waals surface area contributed by atoms with Crippen LogP contribution in [0, 0.1) is 5.82 Å². The molecule has 0 radical (unpaired) electrons. The maximum absolute atomic E-state index is 14.0. The topological polar surface area (TPSA) is 28.4 Å². The zero-order valence-electron chi connectivity index (χ0n) is 14.0. The lowest BCUT2D eigenvalue weighted by atomic mass is 10.0. The van der Waals surface area contributed by atoms with Crippen molar-refractivity contribution < 1.29 is 9.50 Å². The van der Waals surface area contributed by atoms with Crippen LogP contribution in [0.2, 0.25) is 5.02 Å². The minimum atomic E-state index is -0.899. The van der Waals surface area contributed by atoms with E-state index in [2.05, 4.69) is 16.5 Å². The normalized spacial score (nSPS) is 15.5. The first-order valence-electron chi connectivity index (χ1n) is 8.45. The summed E-state index contributed by atoms with van der Waals surface area (Å²) in [7, 11) is 2.09. The molecule has 1 N–H and O–H groups in total. The molecule has 0 bridgehead atoms. The molecule has 0 aliphatic carbocycles. The van der Waals surface area contributed by atoms with Crippen LogP contribution < -0.4 is 0 Å². The van der Waals surface area contributed by atoms with Crippen LogP contribution in [0.15, 0.2) is 42.5 Å². The molecule has 3 aromatic rings. The van der Waals surface area contributed by atoms with E-state index in [1.807, 2.05) is 18.2 Å². The molecule has 1 unspecified atom stereocenters. The van der Waals surface area contributed by atoms with Gasteiger partial charge in [-0.15, -0.1) is 0 Å². The van der Waals surface area contributed by atoms with Crippen LogP contribution in [-0.2, 0) is 19.5 Å². The minimum Gasteiger partial charge on any atom is -0.386 e. The van der Waals surface area contributed by atoms with E-state index in [1.165, 1.54) is 17.3 Å². The number of hydrogen-bond acceptors (Lipinski definition) is 2. The Bertz CT molecular complexity index is 937. The largest absolute Gasteiger partial charge is 0.386 e. The fraction of sp³-hybridized carbons (Fsp3) is 0.333. The van der Waals surface area contributed by atoms with Gasteiger partial charge in [-0.2, -0.15) is 0 Å². The predicted octanol–water partition coefficient (Wildman–Crippen LogP) is 4.79. The first-order chi connectivity index (χ1) is 12.0. The van der Waals surface area contributed by atoms with Gasteiger partial charge in [0, 0.05) is 40.3 Å². The number of nitrogens with zero attached hydrogens (tertiary/aromatic N) is 2. The summed E-state index contributed by atoms with van der Waals surface area (Å²) in [4.78, 5) is 2.26. The van der Waals surface area contributed by atoms with Gasteiger partial charge < -0.3 is 14.6 Å². The Morgan fingerprint density at radius 2 is 2.00 bits per heavy atom. The Morgan fingerprint density at radius 1 is 1.23 bits per heavy atom. The summed E-state index contributed by atoms with van der Waals surface area (Å²) >= 11 is 6.20. The van der Waals surface area contributed by atoms with Crippen LogP contribution in [-0.4, -0.2) is 28.2 Å². The predicted molar refractivity (Wildman–Crippen MR) is 105 cm³/mol. The third-order valence-corrected chi connectivity index (χ3v) is 5.27. The zero-order valence-corrected chi connectivity index (χ0v) is 14.8. The number of halogens is 2. The molecule has 0 saturated heterocycles. The van der Waals surface area contributed by atoms with E-state index in [1.54, 1.807) is 18.2 Å². The lowest BCUT2D eigenvalue weighted by molar-refractivity contribution is 0.150. The van der Waals surface area contributed by atoms with Crippen molar-refractivity contribution in [2.75, 3.05) is 13.6 Å². The lowest BCUT2D eigenvalue weighted by Crippen LogP contribution is -2.28. The van der Waals surface area contributed by atoms with Crippen molar-refractivity contribution in [3.8, 4) is 0 Å². The highest BCUT2D eigenvalue weighted by molar-refractivity contribution is 6.31. The maximum atomic E-state index is 14.0. The summed E-state index contributed by atoms with van der Waals surface area (Å²) in [5.41, 5.74) is 3.84. The number of hydrogen-bond donors (Lipinski definition) is 1. The van der Waals surface area contributed by atoms with E-state index in [4.69, 9.17) is 11.6 Å².